The monoisotopic (exact) mass is 490 g/mol. The molecule has 1 rings (SSSR count). The molecule has 1 aromatic rings. The number of carbonyl (C=O) groups is 3. The van der Waals surface area contributed by atoms with Gasteiger partial charge in [0.15, 0.2) is 0 Å². The Morgan fingerprint density at radius 1 is 1.00 bits per heavy atom. The third kappa shape index (κ3) is 8.32. The van der Waals surface area contributed by atoms with Crippen LogP contribution in [0.5, 0.6) is 0 Å². The summed E-state index contributed by atoms with van der Waals surface area (Å²) in [4.78, 5) is 40.4. The van der Waals surface area contributed by atoms with E-state index in [1.807, 2.05) is 78.8 Å². The van der Waals surface area contributed by atoms with Crippen LogP contribution in [0.15, 0.2) is 30.3 Å². The second-order valence-corrected chi connectivity index (χ2v) is 11.1. The SMILES string of the molecule is CNC(C(=O)N[C@H](C(=O)N(C)[C@H](CNCC(=O)OC)C(C)C)C(C)(C)C)C(C)(C)c1ccccc1. The highest BCUT2D eigenvalue weighted by molar-refractivity contribution is 5.91. The molecule has 0 bridgehead atoms. The van der Waals surface area contributed by atoms with Crippen molar-refractivity contribution in [1.82, 2.24) is 20.9 Å². The van der Waals surface area contributed by atoms with Crippen molar-refractivity contribution in [1.29, 1.82) is 0 Å². The van der Waals surface area contributed by atoms with Gasteiger partial charge in [-0.1, -0.05) is 78.8 Å². The van der Waals surface area contributed by atoms with Crippen molar-refractivity contribution in [2.24, 2.45) is 11.3 Å². The maximum atomic E-state index is 13.7. The van der Waals surface area contributed by atoms with E-state index in [2.05, 4.69) is 20.7 Å². The Hall–Kier alpha value is -2.45. The molecular formula is C27H46N4O4. The molecule has 0 spiro atoms. The Kier molecular flexibility index (Phi) is 11.4. The summed E-state index contributed by atoms with van der Waals surface area (Å²) in [6.07, 6.45) is 0. The van der Waals surface area contributed by atoms with Crippen molar-refractivity contribution >= 4 is 17.8 Å². The van der Waals surface area contributed by atoms with Gasteiger partial charge in [0.1, 0.15) is 6.04 Å². The number of nitrogens with zero attached hydrogens (tertiary/aromatic N) is 1. The van der Waals surface area contributed by atoms with Gasteiger partial charge in [0.2, 0.25) is 11.8 Å². The number of benzene rings is 1. The molecule has 0 aliphatic rings. The number of hydrogen-bond acceptors (Lipinski definition) is 6. The summed E-state index contributed by atoms with van der Waals surface area (Å²) < 4.78 is 4.68. The van der Waals surface area contributed by atoms with E-state index >= 15 is 0 Å². The molecule has 198 valence electrons. The maximum Gasteiger partial charge on any atom is 0.319 e. The second-order valence-electron chi connectivity index (χ2n) is 11.1. The van der Waals surface area contributed by atoms with Gasteiger partial charge in [0.05, 0.1) is 19.7 Å². The summed E-state index contributed by atoms with van der Waals surface area (Å²) in [5, 5.41) is 9.29. The third-order valence-corrected chi connectivity index (χ3v) is 6.66. The van der Waals surface area contributed by atoms with Crippen LogP contribution in [0.25, 0.3) is 0 Å². The van der Waals surface area contributed by atoms with Crippen LogP contribution >= 0.6 is 0 Å². The summed E-state index contributed by atoms with van der Waals surface area (Å²) in [5.74, 6) is -0.627. The van der Waals surface area contributed by atoms with Gasteiger partial charge in [-0.25, -0.2) is 0 Å². The number of rotatable bonds is 12. The zero-order valence-electron chi connectivity index (χ0n) is 23.2. The number of ether oxygens (including phenoxy) is 1. The van der Waals surface area contributed by atoms with Gasteiger partial charge in [-0.3, -0.25) is 14.4 Å². The molecule has 1 aromatic carbocycles. The van der Waals surface area contributed by atoms with Crippen LogP contribution in [0.1, 0.15) is 54.0 Å². The van der Waals surface area contributed by atoms with E-state index in [0.29, 0.717) is 6.54 Å². The summed E-state index contributed by atoms with van der Waals surface area (Å²) in [7, 11) is 4.85. The first-order chi connectivity index (χ1) is 16.2. The fraction of sp³-hybridized carbons (Fsp3) is 0.667. The van der Waals surface area contributed by atoms with Gasteiger partial charge in [0, 0.05) is 25.0 Å². The molecular weight excluding hydrogens is 444 g/mol. The molecule has 8 nitrogen and oxygen atoms in total. The predicted molar refractivity (Wildman–Crippen MR) is 140 cm³/mol. The van der Waals surface area contributed by atoms with E-state index in [0.717, 1.165) is 5.56 Å². The van der Waals surface area contributed by atoms with Crippen molar-refractivity contribution in [2.75, 3.05) is 34.3 Å². The second kappa shape index (κ2) is 13.0. The molecule has 0 saturated heterocycles. The van der Waals surface area contributed by atoms with E-state index in [4.69, 9.17) is 0 Å². The molecule has 8 heteroatoms. The van der Waals surface area contributed by atoms with Crippen LogP contribution in [0.3, 0.4) is 0 Å². The molecule has 0 aliphatic carbocycles. The quantitative estimate of drug-likeness (QED) is 0.389. The average Bonchev–Trinajstić information content (AvgIpc) is 2.79. The fourth-order valence-electron chi connectivity index (χ4n) is 4.31. The molecule has 0 saturated carbocycles. The van der Waals surface area contributed by atoms with Crippen LogP contribution in [0.4, 0.5) is 0 Å². The minimum atomic E-state index is -0.732. The molecule has 3 N–H and O–H groups in total. The Labute approximate surface area is 211 Å². The van der Waals surface area contributed by atoms with Crippen LogP contribution in [0, 0.1) is 11.3 Å². The van der Waals surface area contributed by atoms with E-state index in [1.54, 1.807) is 19.0 Å². The molecule has 0 aliphatic heterocycles. The maximum absolute atomic E-state index is 13.7. The number of likely N-dealkylation sites (N-methyl/N-ethyl adjacent to an activating group) is 2. The van der Waals surface area contributed by atoms with Crippen LogP contribution in [0.2, 0.25) is 0 Å². The lowest BCUT2D eigenvalue weighted by Crippen LogP contribution is -2.62. The highest BCUT2D eigenvalue weighted by Crippen LogP contribution is 2.28. The summed E-state index contributed by atoms with van der Waals surface area (Å²) >= 11 is 0. The zero-order valence-corrected chi connectivity index (χ0v) is 23.2. The lowest BCUT2D eigenvalue weighted by molar-refractivity contribution is -0.141. The van der Waals surface area contributed by atoms with Crippen LogP contribution < -0.4 is 16.0 Å². The summed E-state index contributed by atoms with van der Waals surface area (Å²) in [6, 6.07) is 8.42. The Balaban J connectivity index is 3.13. The molecule has 1 unspecified atom stereocenters. The third-order valence-electron chi connectivity index (χ3n) is 6.66. The number of esters is 1. The van der Waals surface area contributed by atoms with Gasteiger partial charge in [0.25, 0.3) is 0 Å². The first-order valence-corrected chi connectivity index (χ1v) is 12.3. The molecule has 3 atom stereocenters. The Morgan fingerprint density at radius 2 is 1.57 bits per heavy atom. The van der Waals surface area contributed by atoms with E-state index < -0.39 is 22.9 Å². The highest BCUT2D eigenvalue weighted by atomic mass is 16.5. The fourth-order valence-corrected chi connectivity index (χ4v) is 4.31. The van der Waals surface area contributed by atoms with Crippen molar-refractivity contribution in [3.63, 3.8) is 0 Å². The number of nitrogens with one attached hydrogen (secondary N) is 3. The van der Waals surface area contributed by atoms with E-state index in [1.165, 1.54) is 7.11 Å². The zero-order chi connectivity index (χ0) is 27.0. The van der Waals surface area contributed by atoms with Crippen molar-refractivity contribution in [3.05, 3.63) is 35.9 Å². The minimum absolute atomic E-state index is 0.0691. The first-order valence-electron chi connectivity index (χ1n) is 12.3. The van der Waals surface area contributed by atoms with Gasteiger partial charge < -0.3 is 25.6 Å². The topological polar surface area (TPSA) is 99.8 Å². The van der Waals surface area contributed by atoms with Crippen LogP contribution in [-0.2, 0) is 24.5 Å². The summed E-state index contributed by atoms with van der Waals surface area (Å²) in [5.41, 5.74) is 0.00853. The Morgan fingerprint density at radius 3 is 2.03 bits per heavy atom. The van der Waals surface area contributed by atoms with E-state index in [9.17, 15) is 14.4 Å². The van der Waals surface area contributed by atoms with Crippen molar-refractivity contribution in [2.45, 2.75) is 72.0 Å². The molecule has 0 radical (unpaired) electrons. The highest BCUT2D eigenvalue weighted by Gasteiger charge is 2.41. The molecule has 0 heterocycles. The molecule has 0 fully saturated rings. The number of carbonyl (C=O) groups excluding carboxylic acids is 3. The number of hydrogen-bond donors (Lipinski definition) is 3. The average molecular weight is 491 g/mol. The largest absolute Gasteiger partial charge is 0.468 e. The molecule has 0 aromatic heterocycles. The number of amides is 2. The van der Waals surface area contributed by atoms with Gasteiger partial charge >= 0.3 is 5.97 Å². The molecule has 2 amide bonds. The van der Waals surface area contributed by atoms with Crippen molar-refractivity contribution in [3.8, 4) is 0 Å². The van der Waals surface area contributed by atoms with Gasteiger partial charge in [-0.15, -0.1) is 0 Å². The smallest absolute Gasteiger partial charge is 0.319 e. The van der Waals surface area contributed by atoms with Crippen molar-refractivity contribution < 1.29 is 19.1 Å². The standard InChI is InChI=1S/C27H46N4O4/c1-18(2)20(16-29-17-21(32)35-10)31(9)25(34)23(26(3,4)5)30-24(33)22(28-8)27(6,7)19-14-12-11-13-15-19/h11-15,18,20,22-23,28-29H,16-17H2,1-10H3,(H,30,33)/t20-,22?,23-/m1/s1. The van der Waals surface area contributed by atoms with E-state index in [-0.39, 0.29) is 36.3 Å². The lowest BCUT2D eigenvalue weighted by Gasteiger charge is -2.40. The normalized spacial score (nSPS) is 14.7. The van der Waals surface area contributed by atoms with Crippen LogP contribution in [-0.4, -0.2) is 75.1 Å². The predicted octanol–water partition coefficient (Wildman–Crippen LogP) is 2.33. The Bertz CT molecular complexity index is 833. The molecule has 35 heavy (non-hydrogen) atoms. The summed E-state index contributed by atoms with van der Waals surface area (Å²) in [6.45, 7) is 14.4. The lowest BCUT2D eigenvalue weighted by atomic mass is 9.76. The first kappa shape index (κ1) is 30.6. The van der Waals surface area contributed by atoms with Gasteiger partial charge in [-0.2, -0.15) is 0 Å². The minimum Gasteiger partial charge on any atom is -0.468 e. The number of methoxy groups -OCH3 is 1. The van der Waals surface area contributed by atoms with Gasteiger partial charge in [-0.05, 0) is 23.9 Å².